The molecule has 0 atom stereocenters. The summed E-state index contributed by atoms with van der Waals surface area (Å²) in [5.41, 5.74) is 1.63. The standard InChI is InChI=1S/C13H16O3/c1-3-16-13(15)9-8-12(14)11-7-5-4-6-10(11)2/h4-7H,3,8-9H2,1-2H3. The first-order valence-electron chi connectivity index (χ1n) is 5.39. The maximum absolute atomic E-state index is 11.8. The zero-order chi connectivity index (χ0) is 12.0. The molecule has 0 amide bonds. The minimum Gasteiger partial charge on any atom is -0.466 e. The lowest BCUT2D eigenvalue weighted by atomic mass is 10.0. The molecule has 16 heavy (non-hydrogen) atoms. The molecule has 3 heteroatoms. The molecule has 0 aliphatic rings. The molecule has 0 spiro atoms. The van der Waals surface area contributed by atoms with E-state index >= 15 is 0 Å². The lowest BCUT2D eigenvalue weighted by Crippen LogP contribution is -2.08. The summed E-state index contributed by atoms with van der Waals surface area (Å²) < 4.78 is 4.77. The van der Waals surface area contributed by atoms with Gasteiger partial charge in [-0.1, -0.05) is 24.3 Å². The number of benzene rings is 1. The molecule has 0 bridgehead atoms. The second kappa shape index (κ2) is 6.05. The van der Waals surface area contributed by atoms with Gasteiger partial charge >= 0.3 is 5.97 Å². The van der Waals surface area contributed by atoms with Gasteiger partial charge < -0.3 is 4.74 Å². The maximum atomic E-state index is 11.8. The van der Waals surface area contributed by atoms with Gasteiger partial charge in [0.2, 0.25) is 0 Å². The molecule has 3 nitrogen and oxygen atoms in total. The molecular weight excluding hydrogens is 204 g/mol. The van der Waals surface area contributed by atoms with Gasteiger partial charge in [0.25, 0.3) is 0 Å². The van der Waals surface area contributed by atoms with E-state index in [1.54, 1.807) is 13.0 Å². The fraction of sp³-hybridized carbons (Fsp3) is 0.385. The van der Waals surface area contributed by atoms with Crippen molar-refractivity contribution in [2.75, 3.05) is 6.61 Å². The van der Waals surface area contributed by atoms with Crippen molar-refractivity contribution in [1.29, 1.82) is 0 Å². The van der Waals surface area contributed by atoms with Gasteiger partial charge in [-0.05, 0) is 19.4 Å². The molecule has 0 aliphatic carbocycles. The van der Waals surface area contributed by atoms with Gasteiger partial charge in [-0.3, -0.25) is 9.59 Å². The molecule has 0 saturated carbocycles. The van der Waals surface area contributed by atoms with Gasteiger partial charge in [-0.2, -0.15) is 0 Å². The summed E-state index contributed by atoms with van der Waals surface area (Å²) in [7, 11) is 0. The summed E-state index contributed by atoms with van der Waals surface area (Å²) in [4.78, 5) is 22.9. The second-order valence-electron chi connectivity index (χ2n) is 3.54. The van der Waals surface area contributed by atoms with Gasteiger partial charge in [0.05, 0.1) is 13.0 Å². The highest BCUT2D eigenvalue weighted by atomic mass is 16.5. The van der Waals surface area contributed by atoms with E-state index in [9.17, 15) is 9.59 Å². The van der Waals surface area contributed by atoms with Crippen molar-refractivity contribution in [2.24, 2.45) is 0 Å². The summed E-state index contributed by atoms with van der Waals surface area (Å²) in [6, 6.07) is 7.38. The van der Waals surface area contributed by atoms with E-state index in [1.165, 1.54) is 0 Å². The number of hydrogen-bond donors (Lipinski definition) is 0. The normalized spacial score (nSPS) is 9.88. The summed E-state index contributed by atoms with van der Waals surface area (Å²) in [6.45, 7) is 4.00. The third-order valence-electron chi connectivity index (χ3n) is 2.31. The number of esters is 1. The maximum Gasteiger partial charge on any atom is 0.306 e. The van der Waals surface area contributed by atoms with Crippen LogP contribution in [0.5, 0.6) is 0 Å². The Bertz CT molecular complexity index is 383. The number of aryl methyl sites for hydroxylation is 1. The minimum atomic E-state index is -0.315. The van der Waals surface area contributed by atoms with Crippen LogP contribution in [0, 0.1) is 6.92 Å². The summed E-state index contributed by atoms with van der Waals surface area (Å²) in [5.74, 6) is -0.324. The zero-order valence-electron chi connectivity index (χ0n) is 9.66. The Morgan fingerprint density at radius 1 is 1.19 bits per heavy atom. The van der Waals surface area contributed by atoms with Gasteiger partial charge in [0, 0.05) is 12.0 Å². The molecule has 1 aromatic carbocycles. The Morgan fingerprint density at radius 3 is 2.50 bits per heavy atom. The van der Waals surface area contributed by atoms with Crippen molar-refractivity contribution in [2.45, 2.75) is 26.7 Å². The Labute approximate surface area is 95.4 Å². The Kier molecular flexibility index (Phi) is 4.70. The third-order valence-corrected chi connectivity index (χ3v) is 2.31. The molecule has 0 heterocycles. The van der Waals surface area contributed by atoms with Crippen LogP contribution in [-0.2, 0) is 9.53 Å². The van der Waals surface area contributed by atoms with Crippen LogP contribution < -0.4 is 0 Å². The highest BCUT2D eigenvalue weighted by Crippen LogP contribution is 2.11. The molecule has 0 aliphatic heterocycles. The van der Waals surface area contributed by atoms with E-state index in [1.807, 2.05) is 25.1 Å². The topological polar surface area (TPSA) is 43.4 Å². The predicted molar refractivity (Wildman–Crippen MR) is 61.4 cm³/mol. The average Bonchev–Trinajstić information content (AvgIpc) is 2.27. The van der Waals surface area contributed by atoms with Crippen LogP contribution in [0.2, 0.25) is 0 Å². The first kappa shape index (κ1) is 12.4. The van der Waals surface area contributed by atoms with E-state index in [0.29, 0.717) is 12.2 Å². The monoisotopic (exact) mass is 220 g/mol. The molecule has 0 N–H and O–H groups in total. The van der Waals surface area contributed by atoms with Crippen molar-refractivity contribution in [3.05, 3.63) is 35.4 Å². The van der Waals surface area contributed by atoms with Gasteiger partial charge in [-0.15, -0.1) is 0 Å². The van der Waals surface area contributed by atoms with Crippen molar-refractivity contribution in [1.82, 2.24) is 0 Å². The number of ether oxygens (including phenoxy) is 1. The van der Waals surface area contributed by atoms with Gasteiger partial charge in [-0.25, -0.2) is 0 Å². The molecule has 0 fully saturated rings. The van der Waals surface area contributed by atoms with E-state index in [-0.39, 0.29) is 24.6 Å². The highest BCUT2D eigenvalue weighted by Gasteiger charge is 2.11. The summed E-state index contributed by atoms with van der Waals surface area (Å²) in [5, 5.41) is 0. The smallest absolute Gasteiger partial charge is 0.306 e. The van der Waals surface area contributed by atoms with Crippen LogP contribution in [0.4, 0.5) is 0 Å². The van der Waals surface area contributed by atoms with E-state index in [2.05, 4.69) is 0 Å². The average molecular weight is 220 g/mol. The van der Waals surface area contributed by atoms with E-state index in [0.717, 1.165) is 5.56 Å². The molecule has 1 aromatic rings. The van der Waals surface area contributed by atoms with Crippen molar-refractivity contribution in [3.8, 4) is 0 Å². The summed E-state index contributed by atoms with van der Waals surface area (Å²) in [6.07, 6.45) is 0.366. The number of carbonyl (C=O) groups is 2. The number of ketones is 1. The third kappa shape index (κ3) is 3.50. The summed E-state index contributed by atoms with van der Waals surface area (Å²) >= 11 is 0. The zero-order valence-corrected chi connectivity index (χ0v) is 9.66. The lowest BCUT2D eigenvalue weighted by Gasteiger charge is -2.04. The SMILES string of the molecule is CCOC(=O)CCC(=O)c1ccccc1C. The van der Waals surface area contributed by atoms with E-state index in [4.69, 9.17) is 4.74 Å². The van der Waals surface area contributed by atoms with Crippen LogP contribution in [0.15, 0.2) is 24.3 Å². The number of rotatable bonds is 5. The van der Waals surface area contributed by atoms with E-state index < -0.39 is 0 Å². The Hall–Kier alpha value is -1.64. The molecule has 0 radical (unpaired) electrons. The highest BCUT2D eigenvalue weighted by molar-refractivity contribution is 5.98. The molecule has 0 aromatic heterocycles. The fourth-order valence-corrected chi connectivity index (χ4v) is 1.47. The van der Waals surface area contributed by atoms with Crippen LogP contribution >= 0.6 is 0 Å². The Balaban J connectivity index is 2.54. The predicted octanol–water partition coefficient (Wildman–Crippen LogP) is 2.52. The van der Waals surface area contributed by atoms with Crippen LogP contribution in [-0.4, -0.2) is 18.4 Å². The van der Waals surface area contributed by atoms with Crippen molar-refractivity contribution >= 4 is 11.8 Å². The quantitative estimate of drug-likeness (QED) is 0.565. The minimum absolute atomic E-state index is 0.00819. The first-order chi connectivity index (χ1) is 7.65. The van der Waals surface area contributed by atoms with Crippen molar-refractivity contribution in [3.63, 3.8) is 0 Å². The second-order valence-corrected chi connectivity index (χ2v) is 3.54. The fourth-order valence-electron chi connectivity index (χ4n) is 1.47. The van der Waals surface area contributed by atoms with Crippen LogP contribution in [0.3, 0.4) is 0 Å². The molecule has 86 valence electrons. The van der Waals surface area contributed by atoms with Crippen LogP contribution in [0.1, 0.15) is 35.7 Å². The molecule has 0 unspecified atom stereocenters. The van der Waals surface area contributed by atoms with Crippen molar-refractivity contribution < 1.29 is 14.3 Å². The Morgan fingerprint density at radius 2 is 1.88 bits per heavy atom. The van der Waals surface area contributed by atoms with Gasteiger partial charge in [0.1, 0.15) is 0 Å². The lowest BCUT2D eigenvalue weighted by molar-refractivity contribution is -0.143. The molecule has 0 saturated heterocycles. The molecule has 1 rings (SSSR count). The van der Waals surface area contributed by atoms with Crippen LogP contribution in [0.25, 0.3) is 0 Å². The number of Topliss-reactive ketones (excluding diaryl/α,β-unsaturated/α-hetero) is 1. The largest absolute Gasteiger partial charge is 0.466 e. The number of carbonyl (C=O) groups excluding carboxylic acids is 2. The first-order valence-corrected chi connectivity index (χ1v) is 5.39. The molecular formula is C13H16O3. The number of hydrogen-bond acceptors (Lipinski definition) is 3. The van der Waals surface area contributed by atoms with Gasteiger partial charge in [0.15, 0.2) is 5.78 Å².